The summed E-state index contributed by atoms with van der Waals surface area (Å²) in [4.78, 5) is 15.9. The molecule has 0 fully saturated rings. The average Bonchev–Trinajstić information content (AvgIpc) is 2.79. The molecule has 0 saturated heterocycles. The lowest BCUT2D eigenvalue weighted by Crippen LogP contribution is -2.37. The summed E-state index contributed by atoms with van der Waals surface area (Å²) in [6.07, 6.45) is 2.84. The van der Waals surface area contributed by atoms with Crippen LogP contribution in [0.1, 0.15) is 25.0 Å². The second-order valence-electron chi connectivity index (χ2n) is 7.27. The predicted molar refractivity (Wildman–Crippen MR) is 124 cm³/mol. The highest BCUT2D eigenvalue weighted by Crippen LogP contribution is 2.33. The van der Waals surface area contributed by atoms with Crippen LogP contribution >= 0.6 is 11.6 Å². The van der Waals surface area contributed by atoms with Crippen LogP contribution in [-0.4, -0.2) is 30.6 Å². The number of amides is 1. The first-order valence-corrected chi connectivity index (χ1v) is 11.6. The van der Waals surface area contributed by atoms with Crippen LogP contribution in [0.3, 0.4) is 0 Å². The van der Waals surface area contributed by atoms with Gasteiger partial charge in [0.15, 0.2) is 5.83 Å². The third-order valence-electron chi connectivity index (χ3n) is 4.70. The number of nitrogens with zero attached hydrogens (tertiary/aromatic N) is 2. The molecule has 172 valence electrons. The largest absolute Gasteiger partial charge is 0.304 e. The maximum Gasteiger partial charge on any atom is 0.304 e. The normalized spacial score (nSPS) is 12.3. The van der Waals surface area contributed by atoms with Gasteiger partial charge in [0.05, 0.1) is 10.6 Å². The minimum absolute atomic E-state index is 0.0415. The van der Waals surface area contributed by atoms with Crippen molar-refractivity contribution in [2.45, 2.75) is 24.8 Å². The summed E-state index contributed by atoms with van der Waals surface area (Å²) >= 11 is 5.90. The van der Waals surface area contributed by atoms with Gasteiger partial charge in [-0.15, -0.1) is 0 Å². The Morgan fingerprint density at radius 1 is 1.09 bits per heavy atom. The molecule has 3 aromatic rings. The lowest BCUT2D eigenvalue weighted by atomic mass is 9.97. The molecule has 33 heavy (non-hydrogen) atoms. The van der Waals surface area contributed by atoms with Crippen LogP contribution in [0.25, 0.3) is 5.57 Å². The van der Waals surface area contributed by atoms with E-state index in [0.29, 0.717) is 5.02 Å². The van der Waals surface area contributed by atoms with Crippen LogP contribution in [-0.2, 0) is 14.8 Å². The summed E-state index contributed by atoms with van der Waals surface area (Å²) in [5.41, 5.74) is 1.88. The highest BCUT2D eigenvalue weighted by Gasteiger charge is 2.28. The third kappa shape index (κ3) is 5.22. The minimum atomic E-state index is -3.99. The molecule has 0 bridgehead atoms. The first-order chi connectivity index (χ1) is 15.7. The predicted octanol–water partition coefficient (Wildman–Crippen LogP) is 4.57. The fourth-order valence-corrected chi connectivity index (χ4v) is 5.11. The fraction of sp³-hybridized carbons (Fsp3) is 0.130. The van der Waals surface area contributed by atoms with E-state index in [0.717, 1.165) is 0 Å². The molecule has 3 rings (SSSR count). The molecule has 0 aliphatic rings. The Balaban J connectivity index is 2.19. The van der Waals surface area contributed by atoms with Crippen LogP contribution in [0.5, 0.6) is 0 Å². The van der Waals surface area contributed by atoms with Crippen molar-refractivity contribution in [1.82, 2.24) is 10.5 Å². The fourth-order valence-electron chi connectivity index (χ4n) is 3.33. The number of pyridine rings is 1. The van der Waals surface area contributed by atoms with E-state index < -0.39 is 27.8 Å². The molecule has 0 saturated carbocycles. The molecule has 10 heteroatoms. The molecule has 0 radical (unpaired) electrons. The number of hydrogen-bond donors (Lipinski definition) is 2. The van der Waals surface area contributed by atoms with Gasteiger partial charge in [-0.25, -0.2) is 18.3 Å². The molecular weight excluding hydrogens is 469 g/mol. The molecule has 0 spiro atoms. The number of rotatable bonds is 7. The van der Waals surface area contributed by atoms with Gasteiger partial charge in [0, 0.05) is 34.6 Å². The van der Waals surface area contributed by atoms with Crippen LogP contribution in [0, 0.1) is 0 Å². The summed E-state index contributed by atoms with van der Waals surface area (Å²) in [7, 11) is -3.99. The molecule has 1 heterocycles. The van der Waals surface area contributed by atoms with Gasteiger partial charge >= 0.3 is 5.91 Å². The van der Waals surface area contributed by atoms with Crippen molar-refractivity contribution < 1.29 is 22.8 Å². The van der Waals surface area contributed by atoms with Gasteiger partial charge in [0.1, 0.15) is 0 Å². The van der Waals surface area contributed by atoms with Crippen molar-refractivity contribution in [3.05, 3.63) is 95.0 Å². The number of benzene rings is 2. The Kier molecular flexibility index (Phi) is 7.47. The maximum atomic E-state index is 15.0. The number of carbonyl (C=O) groups excluding carboxylic acids is 1. The van der Waals surface area contributed by atoms with E-state index in [1.54, 1.807) is 38.1 Å². The van der Waals surface area contributed by atoms with Crippen LogP contribution in [0.2, 0.25) is 5.02 Å². The van der Waals surface area contributed by atoms with Crippen LogP contribution < -0.4 is 9.79 Å². The van der Waals surface area contributed by atoms with E-state index >= 15 is 0 Å². The molecule has 1 aromatic heterocycles. The average molecular weight is 490 g/mol. The molecule has 2 N–H and O–H groups in total. The van der Waals surface area contributed by atoms with Crippen molar-refractivity contribution in [2.24, 2.45) is 0 Å². The molecule has 2 aromatic carbocycles. The van der Waals surface area contributed by atoms with Gasteiger partial charge in [0.2, 0.25) is 0 Å². The molecule has 1 amide bonds. The van der Waals surface area contributed by atoms with Crippen molar-refractivity contribution >= 4 is 38.8 Å². The van der Waals surface area contributed by atoms with Gasteiger partial charge in [-0.05, 0) is 61.9 Å². The monoisotopic (exact) mass is 489 g/mol. The Hall–Kier alpha value is -3.27. The van der Waals surface area contributed by atoms with Crippen molar-refractivity contribution in [3.8, 4) is 0 Å². The van der Waals surface area contributed by atoms with E-state index in [1.807, 2.05) is 0 Å². The lowest BCUT2D eigenvalue weighted by Gasteiger charge is -2.29. The van der Waals surface area contributed by atoms with Gasteiger partial charge in [0.25, 0.3) is 10.0 Å². The maximum absolute atomic E-state index is 15.0. The van der Waals surface area contributed by atoms with Crippen LogP contribution in [0.15, 0.2) is 83.8 Å². The number of carbonyl (C=O) groups is 1. The Morgan fingerprint density at radius 2 is 1.76 bits per heavy atom. The first-order valence-electron chi connectivity index (χ1n) is 9.82. The molecule has 0 atom stereocenters. The minimum Gasteiger partial charge on any atom is -0.288 e. The van der Waals surface area contributed by atoms with Gasteiger partial charge in [-0.1, -0.05) is 29.8 Å². The molecule has 0 aliphatic heterocycles. The lowest BCUT2D eigenvalue weighted by molar-refractivity contribution is -0.126. The topological polar surface area (TPSA) is 99.6 Å². The van der Waals surface area contributed by atoms with Gasteiger partial charge in [-0.2, -0.15) is 0 Å². The van der Waals surface area contributed by atoms with E-state index in [2.05, 4.69) is 4.98 Å². The highest BCUT2D eigenvalue weighted by molar-refractivity contribution is 7.92. The third-order valence-corrected chi connectivity index (χ3v) is 6.97. The summed E-state index contributed by atoms with van der Waals surface area (Å²) < 4.78 is 43.0. The van der Waals surface area contributed by atoms with Crippen molar-refractivity contribution in [1.29, 1.82) is 0 Å². The second kappa shape index (κ2) is 10.1. The number of hydrogen-bond acceptors (Lipinski definition) is 5. The summed E-state index contributed by atoms with van der Waals surface area (Å²) in [6, 6.07) is 14.5. The quantitative estimate of drug-likeness (QED) is 0.287. The number of halogens is 2. The zero-order valence-corrected chi connectivity index (χ0v) is 19.3. The van der Waals surface area contributed by atoms with Crippen molar-refractivity contribution in [3.63, 3.8) is 0 Å². The molecule has 0 unspecified atom stereocenters. The number of hydroxylamine groups is 1. The molecule has 0 aliphatic carbocycles. The van der Waals surface area contributed by atoms with Crippen molar-refractivity contribution in [2.75, 3.05) is 4.31 Å². The Morgan fingerprint density at radius 3 is 2.33 bits per heavy atom. The van der Waals surface area contributed by atoms with Gasteiger partial charge in [-0.3, -0.25) is 19.3 Å². The second-order valence-corrected chi connectivity index (χ2v) is 9.52. The number of sulfonamides is 1. The highest BCUT2D eigenvalue weighted by atomic mass is 35.5. The number of anilines is 1. The smallest absolute Gasteiger partial charge is 0.288 e. The first kappa shape index (κ1) is 24.4. The van der Waals surface area contributed by atoms with Crippen LogP contribution in [0.4, 0.5) is 10.1 Å². The summed E-state index contributed by atoms with van der Waals surface area (Å²) in [5, 5.41) is 9.33. The standard InChI is InChI=1S/C23H21ClFN3O4S/c1-15(2)28(33(31,32)20-10-8-18(24)9-11-20)19-7-3-5-16(13-19)21(22(25)23(29)27-30)17-6-4-12-26-14-17/h3-15,30H,1-2H3,(H,27,29)/b22-21-. The zero-order chi connectivity index (χ0) is 24.2. The molecule has 7 nitrogen and oxygen atoms in total. The summed E-state index contributed by atoms with van der Waals surface area (Å²) in [6.45, 7) is 3.41. The van der Waals surface area contributed by atoms with E-state index in [4.69, 9.17) is 16.8 Å². The van der Waals surface area contributed by atoms with Gasteiger partial charge < -0.3 is 0 Å². The SMILES string of the molecule is CC(C)N(c1cccc(/C(=C(/F)C(=O)NO)c2cccnc2)c1)S(=O)(=O)c1ccc(Cl)cc1. The number of nitrogens with one attached hydrogen (secondary N) is 1. The number of aromatic nitrogens is 1. The Labute approximate surface area is 196 Å². The zero-order valence-electron chi connectivity index (χ0n) is 17.7. The molecular formula is C23H21ClFN3O4S. The van der Waals surface area contributed by atoms with E-state index in [9.17, 15) is 17.6 Å². The van der Waals surface area contributed by atoms with E-state index in [-0.39, 0.29) is 27.3 Å². The Bertz CT molecular complexity index is 1280. The summed E-state index contributed by atoms with van der Waals surface area (Å²) in [5.74, 6) is -2.59. The van der Waals surface area contributed by atoms with E-state index in [1.165, 1.54) is 58.6 Å².